The third-order valence-electron chi connectivity index (χ3n) is 9.95. The Morgan fingerprint density at radius 3 is 2.25 bits per heavy atom. The maximum absolute atomic E-state index is 6.29. The number of aromatic nitrogens is 4. The van der Waals surface area contributed by atoms with Gasteiger partial charge in [0.15, 0.2) is 0 Å². The Balaban J connectivity index is 0.000000197. The van der Waals surface area contributed by atoms with Gasteiger partial charge < -0.3 is 8.98 Å². The molecule has 0 saturated heterocycles. The zero-order valence-electron chi connectivity index (χ0n) is 32.6. The van der Waals surface area contributed by atoms with Crippen LogP contribution < -0.4 is 4.40 Å². The van der Waals surface area contributed by atoms with Gasteiger partial charge >= 0.3 is 126 Å². The van der Waals surface area contributed by atoms with Crippen molar-refractivity contribution in [1.82, 2.24) is 19.5 Å². The van der Waals surface area contributed by atoms with Crippen molar-refractivity contribution in [3.05, 3.63) is 163 Å². The Labute approximate surface area is 345 Å². The summed E-state index contributed by atoms with van der Waals surface area (Å²) in [5.41, 5.74) is 12.3. The summed E-state index contributed by atoms with van der Waals surface area (Å²) < 4.78 is 10.0. The van der Waals surface area contributed by atoms with Crippen LogP contribution >= 0.6 is 0 Å². The van der Waals surface area contributed by atoms with E-state index >= 15 is 0 Å². The molecule has 4 heterocycles. The van der Waals surface area contributed by atoms with Gasteiger partial charge in [-0.15, -0.1) is 17.7 Å². The van der Waals surface area contributed by atoms with Crippen LogP contribution in [0.25, 0.3) is 72.6 Å². The molecule has 0 aliphatic rings. The number of fused-ring (bicyclic) bond motifs is 4. The van der Waals surface area contributed by atoms with Gasteiger partial charge in [-0.1, -0.05) is 72.5 Å². The minimum Gasteiger partial charge on any atom is -0.486 e. The second-order valence-corrected chi connectivity index (χ2v) is 26.1. The molecule has 5 nitrogen and oxygen atoms in total. The van der Waals surface area contributed by atoms with E-state index in [1.807, 2.05) is 54.6 Å². The molecular formula is C49H44GeIrN4O-2. The molecule has 0 amide bonds. The molecule has 0 aliphatic heterocycles. The van der Waals surface area contributed by atoms with Gasteiger partial charge in [0.25, 0.3) is 0 Å². The molecule has 0 saturated carbocycles. The van der Waals surface area contributed by atoms with Crippen LogP contribution in [0, 0.1) is 25.0 Å². The smallest absolute Gasteiger partial charge is 0.216 e. The molecular weight excluding hydrogens is 925 g/mol. The van der Waals surface area contributed by atoms with Crippen LogP contribution in [0.3, 0.4) is 0 Å². The fourth-order valence-electron chi connectivity index (χ4n) is 7.35. The molecule has 0 fully saturated rings. The Hall–Kier alpha value is -5.14. The third-order valence-corrected chi connectivity index (χ3v) is 14.3. The van der Waals surface area contributed by atoms with Gasteiger partial charge in [-0.25, -0.2) is 4.98 Å². The number of pyridine rings is 2. The first-order valence-corrected chi connectivity index (χ1v) is 26.3. The van der Waals surface area contributed by atoms with E-state index in [2.05, 4.69) is 139 Å². The number of hydrogen-bond donors (Lipinski definition) is 0. The largest absolute Gasteiger partial charge is 0.486 e. The number of benzene rings is 5. The van der Waals surface area contributed by atoms with Crippen molar-refractivity contribution in [3.8, 4) is 39.5 Å². The first-order valence-electron chi connectivity index (χ1n) is 18.9. The molecule has 9 rings (SSSR count). The second kappa shape index (κ2) is 16.5. The molecule has 5 aromatic carbocycles. The topological polar surface area (TPSA) is 56.7 Å². The normalized spacial score (nSPS) is 11.5. The van der Waals surface area contributed by atoms with Gasteiger partial charge in [0.05, 0.1) is 22.4 Å². The molecule has 281 valence electrons. The van der Waals surface area contributed by atoms with Crippen molar-refractivity contribution in [2.75, 3.05) is 0 Å². The summed E-state index contributed by atoms with van der Waals surface area (Å²) in [6, 6.07) is 50.3. The molecule has 0 atom stereocenters. The van der Waals surface area contributed by atoms with Crippen LogP contribution in [-0.2, 0) is 26.5 Å². The van der Waals surface area contributed by atoms with E-state index in [-0.39, 0.29) is 20.1 Å². The average Bonchev–Trinajstić information content (AvgIpc) is 3.78. The Morgan fingerprint density at radius 1 is 0.786 bits per heavy atom. The van der Waals surface area contributed by atoms with Crippen LogP contribution in [0.15, 0.2) is 144 Å². The summed E-state index contributed by atoms with van der Waals surface area (Å²) in [5.74, 6) is 8.79. The zero-order chi connectivity index (χ0) is 38.1. The maximum atomic E-state index is 6.29. The molecule has 1 radical (unpaired) electrons. The van der Waals surface area contributed by atoms with E-state index in [4.69, 9.17) is 14.4 Å². The van der Waals surface area contributed by atoms with Crippen LogP contribution in [0.1, 0.15) is 25.0 Å². The minimum absolute atomic E-state index is 0. The molecule has 0 aliphatic carbocycles. The number of furan rings is 1. The predicted molar refractivity (Wildman–Crippen MR) is 231 cm³/mol. The van der Waals surface area contributed by atoms with Gasteiger partial charge in [0.2, 0.25) is 5.71 Å². The molecule has 4 aromatic heterocycles. The number of hydrogen-bond acceptors (Lipinski definition) is 4. The van der Waals surface area contributed by atoms with Crippen molar-refractivity contribution in [3.63, 3.8) is 0 Å². The quantitative estimate of drug-likeness (QED) is 0.118. The molecule has 0 N–H and O–H groups in total. The Kier molecular flexibility index (Phi) is 11.5. The van der Waals surface area contributed by atoms with Gasteiger partial charge in [0, 0.05) is 37.4 Å². The number of aryl methyl sites for hydroxylation is 1. The van der Waals surface area contributed by atoms with E-state index in [1.54, 1.807) is 10.6 Å². The SMILES string of the molecule is CC(C)Cc1cc(-c2[c-]cccc2)nc[c]1[Ge]([CH3])([CH3])[CH3].Cc1c[c-]c(-c2nc3ccccc3n2-c2ccc(-c3ccccc3)cc2)c2oc3ncccc3c12.[Ir]. The van der Waals surface area contributed by atoms with E-state index in [0.29, 0.717) is 11.6 Å². The van der Waals surface area contributed by atoms with E-state index in [0.717, 1.165) is 67.7 Å². The summed E-state index contributed by atoms with van der Waals surface area (Å²) in [4.78, 5) is 14.2. The number of rotatable bonds is 7. The minimum atomic E-state index is -1.86. The number of nitrogens with zero attached hydrogens (tertiary/aromatic N) is 4. The van der Waals surface area contributed by atoms with Crippen LogP contribution in [0.5, 0.6) is 0 Å². The van der Waals surface area contributed by atoms with Gasteiger partial charge in [-0.2, -0.15) is 0 Å². The molecule has 0 bridgehead atoms. The second-order valence-electron chi connectivity index (χ2n) is 15.5. The van der Waals surface area contributed by atoms with E-state index in [9.17, 15) is 0 Å². The van der Waals surface area contributed by atoms with E-state index < -0.39 is 13.3 Å². The number of imidazole rings is 1. The van der Waals surface area contributed by atoms with Crippen LogP contribution in [-0.4, -0.2) is 32.8 Å². The average molecular weight is 970 g/mol. The maximum Gasteiger partial charge on any atom is 0.216 e. The summed E-state index contributed by atoms with van der Waals surface area (Å²) >= 11 is -1.86. The van der Waals surface area contributed by atoms with Crippen LogP contribution in [0.4, 0.5) is 0 Å². The molecule has 56 heavy (non-hydrogen) atoms. The predicted octanol–water partition coefficient (Wildman–Crippen LogP) is 12.1. The third kappa shape index (κ3) is 7.92. The van der Waals surface area contributed by atoms with Crippen molar-refractivity contribution in [2.45, 2.75) is 44.5 Å². The fourth-order valence-corrected chi connectivity index (χ4v) is 10.7. The van der Waals surface area contributed by atoms with Crippen molar-refractivity contribution in [1.29, 1.82) is 0 Å². The van der Waals surface area contributed by atoms with Crippen molar-refractivity contribution < 1.29 is 24.5 Å². The van der Waals surface area contributed by atoms with E-state index in [1.165, 1.54) is 16.7 Å². The summed E-state index contributed by atoms with van der Waals surface area (Å²) in [6.45, 7) is 6.65. The van der Waals surface area contributed by atoms with Crippen LogP contribution in [0.2, 0.25) is 17.3 Å². The molecule has 7 heteroatoms. The van der Waals surface area contributed by atoms with Gasteiger partial charge in [0.1, 0.15) is 0 Å². The Bertz CT molecular complexity index is 2750. The van der Waals surface area contributed by atoms with Gasteiger partial charge in [-0.3, -0.25) is 4.98 Å². The monoisotopic (exact) mass is 971 g/mol. The zero-order valence-corrected chi connectivity index (χ0v) is 37.1. The standard InChI is InChI=1S/C31H20N3O.C18H24GeN.Ir/c1-20-13-18-25(29-28(20)24-10-7-19-32-31(24)35-29)30-33-26-11-5-6-12-27(26)34(30)23-16-14-22(15-17-23)21-8-3-2-4-9-21;1-14(2)11-16-12-18(15-9-7-6-8-10-15)20-13-17(16)19(3,4)5;/h2-17,19H,1H3;6-9,12-14H,11H2,1-5H3;/q2*-1;. The number of para-hydroxylation sites is 2. The summed E-state index contributed by atoms with van der Waals surface area (Å²) in [7, 11) is 0. The van der Waals surface area contributed by atoms with Crippen molar-refractivity contribution >= 4 is 50.8 Å². The van der Waals surface area contributed by atoms with Crippen molar-refractivity contribution in [2.24, 2.45) is 5.92 Å². The molecule has 0 unspecified atom stereocenters. The fraction of sp³-hybridized carbons (Fsp3) is 0.163. The molecule has 0 spiro atoms. The summed E-state index contributed by atoms with van der Waals surface area (Å²) in [6.07, 6.45) is 5.03. The first-order chi connectivity index (χ1) is 26.7. The Morgan fingerprint density at radius 2 is 1.52 bits per heavy atom. The summed E-state index contributed by atoms with van der Waals surface area (Å²) in [5, 5.41) is 2.06. The van der Waals surface area contributed by atoms with Gasteiger partial charge in [-0.05, 0) is 47.5 Å². The first kappa shape index (κ1) is 39.1. The molecule has 9 aromatic rings.